The Morgan fingerprint density at radius 1 is 0.542 bits per heavy atom. The van der Waals surface area contributed by atoms with Crippen LogP contribution in [-0.2, 0) is 0 Å². The van der Waals surface area contributed by atoms with Crippen LogP contribution in [0, 0.1) is 0 Å². The van der Waals surface area contributed by atoms with Gasteiger partial charge in [0.25, 0.3) is 0 Å². The molecule has 0 aliphatic carbocycles. The zero-order chi connectivity index (χ0) is 16.5. The number of anilines is 2. The Morgan fingerprint density at radius 3 is 1.17 bits per heavy atom. The minimum Gasteiger partial charge on any atom is -0.278 e. The fraction of sp³-hybridized carbons (Fsp3) is 0. The van der Waals surface area contributed by atoms with Gasteiger partial charge in [-0.05, 0) is 11.1 Å². The van der Waals surface area contributed by atoms with E-state index in [0.717, 1.165) is 32.8 Å². The van der Waals surface area contributed by atoms with Gasteiger partial charge in [0.2, 0.25) is 0 Å². The van der Waals surface area contributed by atoms with Crippen molar-refractivity contribution < 1.29 is 9.97 Å². The maximum absolute atomic E-state index is 5.75. The molecule has 24 heavy (non-hydrogen) atoms. The summed E-state index contributed by atoms with van der Waals surface area (Å²) >= 11 is 3.02. The molecule has 118 valence electrons. The molecule has 2 aromatic carbocycles. The first-order chi connectivity index (χ1) is 11.7. The van der Waals surface area contributed by atoms with Gasteiger partial charge in [0.1, 0.15) is 11.4 Å². The van der Waals surface area contributed by atoms with Crippen molar-refractivity contribution in [2.45, 2.75) is 0 Å². The molecule has 4 aromatic rings. The highest BCUT2D eigenvalue weighted by atomic mass is 32.1. The van der Waals surface area contributed by atoms with E-state index in [1.54, 1.807) is 0 Å². The van der Waals surface area contributed by atoms with Gasteiger partial charge < -0.3 is 0 Å². The number of hydrogen-bond acceptors (Lipinski definition) is 4. The van der Waals surface area contributed by atoms with Crippen molar-refractivity contribution in [3.63, 3.8) is 0 Å². The first kappa shape index (κ1) is 14.9. The highest BCUT2D eigenvalue weighted by molar-refractivity contribution is 7.13. The van der Waals surface area contributed by atoms with Gasteiger partial charge in [-0.2, -0.15) is 0 Å². The van der Waals surface area contributed by atoms with Crippen molar-refractivity contribution >= 4 is 32.9 Å². The molecule has 0 amide bonds. The number of aromatic nitrogens is 2. The zero-order valence-corrected chi connectivity index (χ0v) is 14.4. The maximum atomic E-state index is 5.75. The molecule has 0 unspecified atom stereocenters. The molecule has 0 radical (unpaired) electrons. The summed E-state index contributed by atoms with van der Waals surface area (Å²) in [7, 11) is 0. The molecule has 0 fully saturated rings. The van der Waals surface area contributed by atoms with Crippen LogP contribution in [0.4, 0.5) is 10.3 Å². The first-order valence-corrected chi connectivity index (χ1v) is 9.19. The molecule has 2 aromatic heterocycles. The number of nitrogens with two attached hydrogens (primary N) is 2. The molecule has 0 aliphatic heterocycles. The Morgan fingerprint density at radius 2 is 0.875 bits per heavy atom. The van der Waals surface area contributed by atoms with E-state index < -0.39 is 0 Å². The van der Waals surface area contributed by atoms with Crippen LogP contribution in [0.5, 0.6) is 0 Å². The number of H-pyrrole nitrogens is 2. The number of benzene rings is 2. The second-order valence-electron chi connectivity index (χ2n) is 5.43. The monoisotopic (exact) mass is 352 g/mol. The predicted molar refractivity (Wildman–Crippen MR) is 100 cm³/mol. The van der Waals surface area contributed by atoms with Gasteiger partial charge in [-0.3, -0.25) is 11.5 Å². The molecular weight excluding hydrogens is 336 g/mol. The molecule has 0 spiro atoms. The summed E-state index contributed by atoms with van der Waals surface area (Å²) in [6, 6.07) is 16.9. The number of thiazole rings is 2. The maximum Gasteiger partial charge on any atom is 0.329 e. The van der Waals surface area contributed by atoms with Crippen LogP contribution in [-0.4, -0.2) is 0 Å². The van der Waals surface area contributed by atoms with Crippen molar-refractivity contribution in [3.8, 4) is 33.6 Å². The number of hydrogen-bond donors (Lipinski definition) is 2. The quantitative estimate of drug-likeness (QED) is 0.591. The Kier molecular flexibility index (Phi) is 3.76. The van der Waals surface area contributed by atoms with E-state index >= 15 is 0 Å². The fourth-order valence-electron chi connectivity index (χ4n) is 2.59. The summed E-state index contributed by atoms with van der Waals surface area (Å²) < 4.78 is 0. The molecule has 0 saturated carbocycles. The van der Waals surface area contributed by atoms with Gasteiger partial charge in [-0.1, -0.05) is 71.2 Å². The standard InChI is InChI=1S/C18H14N4S2/c19-17-21-15(9-23-17)13-5-1-11(2-6-13)12-3-7-14(8-4-12)16-10-24-18(20)22-16/h1-10H,(H2,19,21)(H2,20,22)/p+2. The van der Waals surface area contributed by atoms with Gasteiger partial charge in [0.05, 0.1) is 0 Å². The van der Waals surface area contributed by atoms with Crippen molar-refractivity contribution in [2.24, 2.45) is 0 Å². The van der Waals surface area contributed by atoms with Crippen LogP contribution < -0.4 is 21.4 Å². The van der Waals surface area contributed by atoms with E-state index in [9.17, 15) is 0 Å². The summed E-state index contributed by atoms with van der Waals surface area (Å²) in [4.78, 5) is 6.33. The lowest BCUT2D eigenvalue weighted by molar-refractivity contribution is -0.341. The summed E-state index contributed by atoms with van der Waals surface area (Å²) in [6.07, 6.45) is 0. The summed E-state index contributed by atoms with van der Waals surface area (Å²) in [5.41, 5.74) is 18.2. The normalized spacial score (nSPS) is 10.8. The van der Waals surface area contributed by atoms with E-state index in [2.05, 4.69) is 58.5 Å². The molecule has 4 rings (SSSR count). The molecule has 0 aliphatic rings. The Balaban J connectivity index is 1.59. The molecule has 6 heteroatoms. The van der Waals surface area contributed by atoms with E-state index in [4.69, 9.17) is 11.5 Å². The van der Waals surface area contributed by atoms with Gasteiger partial charge >= 0.3 is 10.3 Å². The second-order valence-corrected chi connectivity index (χ2v) is 7.25. The predicted octanol–water partition coefficient (Wildman–Crippen LogP) is 3.60. The van der Waals surface area contributed by atoms with Gasteiger partial charge in [0.15, 0.2) is 0 Å². The first-order valence-electron chi connectivity index (χ1n) is 7.43. The number of aromatic amines is 2. The molecule has 0 saturated heterocycles. The minimum atomic E-state index is 0.718. The topological polar surface area (TPSA) is 80.3 Å². The van der Waals surface area contributed by atoms with E-state index in [0.29, 0.717) is 0 Å². The largest absolute Gasteiger partial charge is 0.329 e. The SMILES string of the molecule is Nc1[nH+]c(-c2ccc(-c3ccc(-c4csc(N)[nH+]4)cc3)cc2)cs1. The molecule has 0 atom stereocenters. The number of rotatable bonds is 3. The average Bonchev–Trinajstić information content (AvgIpc) is 3.24. The van der Waals surface area contributed by atoms with Gasteiger partial charge in [-0.25, -0.2) is 9.97 Å². The summed E-state index contributed by atoms with van der Waals surface area (Å²) in [6.45, 7) is 0. The lowest BCUT2D eigenvalue weighted by Gasteiger charge is -2.04. The minimum absolute atomic E-state index is 0.718. The van der Waals surface area contributed by atoms with Crippen LogP contribution in [0.1, 0.15) is 0 Å². The third kappa shape index (κ3) is 2.89. The molecule has 6 N–H and O–H groups in total. The van der Waals surface area contributed by atoms with Gasteiger partial charge in [-0.15, -0.1) is 0 Å². The third-order valence-electron chi connectivity index (χ3n) is 3.85. The fourth-order valence-corrected chi connectivity index (χ4v) is 3.81. The lowest BCUT2D eigenvalue weighted by atomic mass is 10.0. The van der Waals surface area contributed by atoms with Crippen molar-refractivity contribution in [1.29, 1.82) is 0 Å². The molecule has 2 heterocycles. The molecular formula is C18H16N4S2+2. The molecule has 0 bridgehead atoms. The van der Waals surface area contributed by atoms with Crippen LogP contribution in [0.15, 0.2) is 59.3 Å². The van der Waals surface area contributed by atoms with Crippen LogP contribution in [0.2, 0.25) is 0 Å². The van der Waals surface area contributed by atoms with Crippen LogP contribution >= 0.6 is 22.7 Å². The molecule has 4 nitrogen and oxygen atoms in total. The Labute approximate surface area is 147 Å². The summed E-state index contributed by atoms with van der Waals surface area (Å²) in [5, 5.41) is 5.50. The van der Waals surface area contributed by atoms with Crippen molar-refractivity contribution in [1.82, 2.24) is 0 Å². The Hall–Kier alpha value is -2.70. The Bertz CT molecular complexity index is 887. The number of nitrogen functional groups attached to an aromatic ring is 2. The highest BCUT2D eigenvalue weighted by Crippen LogP contribution is 2.27. The smallest absolute Gasteiger partial charge is 0.278 e. The highest BCUT2D eigenvalue weighted by Gasteiger charge is 2.08. The van der Waals surface area contributed by atoms with Gasteiger partial charge in [0, 0.05) is 21.9 Å². The van der Waals surface area contributed by atoms with E-state index in [1.807, 2.05) is 10.8 Å². The summed E-state index contributed by atoms with van der Waals surface area (Å²) in [5.74, 6) is 0. The zero-order valence-electron chi connectivity index (χ0n) is 12.7. The van der Waals surface area contributed by atoms with Crippen molar-refractivity contribution in [2.75, 3.05) is 11.5 Å². The number of nitrogens with one attached hydrogen (secondary N) is 2. The van der Waals surface area contributed by atoms with Crippen LogP contribution in [0.3, 0.4) is 0 Å². The average molecular weight is 352 g/mol. The van der Waals surface area contributed by atoms with Crippen LogP contribution in [0.25, 0.3) is 33.6 Å². The third-order valence-corrected chi connectivity index (χ3v) is 5.27. The van der Waals surface area contributed by atoms with Crippen molar-refractivity contribution in [3.05, 3.63) is 59.3 Å². The lowest BCUT2D eigenvalue weighted by Crippen LogP contribution is -2.06. The van der Waals surface area contributed by atoms with E-state index in [1.165, 1.54) is 33.8 Å². The van der Waals surface area contributed by atoms with E-state index in [-0.39, 0.29) is 0 Å². The second kappa shape index (κ2) is 6.07.